The van der Waals surface area contributed by atoms with Gasteiger partial charge in [-0.1, -0.05) is 23.7 Å². The maximum atomic E-state index is 5.90. The third-order valence-electron chi connectivity index (χ3n) is 2.78. The Kier molecular flexibility index (Phi) is 4.85. The van der Waals surface area contributed by atoms with Crippen LogP contribution in [0.4, 0.5) is 11.8 Å². The molecule has 0 spiro atoms. The molecule has 0 fully saturated rings. The molecular formula is C15H19ClN4O. The maximum absolute atomic E-state index is 5.90. The molecule has 112 valence electrons. The Morgan fingerprint density at radius 3 is 2.71 bits per heavy atom. The first-order valence-electron chi connectivity index (χ1n) is 6.71. The second kappa shape index (κ2) is 6.63. The van der Waals surface area contributed by atoms with Crippen LogP contribution >= 0.6 is 11.6 Å². The van der Waals surface area contributed by atoms with E-state index >= 15 is 0 Å². The molecule has 0 aliphatic heterocycles. The highest BCUT2D eigenvalue weighted by Crippen LogP contribution is 2.20. The SMILES string of the molecule is CC(C)Oc1cccc(CN(C)c2cc(Cl)nc(N)n2)c1. The molecule has 0 aliphatic carbocycles. The van der Waals surface area contributed by atoms with Gasteiger partial charge in [-0.05, 0) is 31.5 Å². The van der Waals surface area contributed by atoms with Crippen LogP contribution in [0.25, 0.3) is 0 Å². The monoisotopic (exact) mass is 306 g/mol. The van der Waals surface area contributed by atoms with E-state index in [1.165, 1.54) is 0 Å². The number of anilines is 2. The van der Waals surface area contributed by atoms with Crippen LogP contribution in [0.5, 0.6) is 5.75 Å². The van der Waals surface area contributed by atoms with Crippen molar-refractivity contribution in [1.82, 2.24) is 9.97 Å². The molecule has 0 atom stereocenters. The molecule has 0 bridgehead atoms. The van der Waals surface area contributed by atoms with Gasteiger partial charge < -0.3 is 15.4 Å². The van der Waals surface area contributed by atoms with Gasteiger partial charge in [-0.25, -0.2) is 4.98 Å². The topological polar surface area (TPSA) is 64.3 Å². The minimum atomic E-state index is 0.151. The van der Waals surface area contributed by atoms with Gasteiger partial charge in [-0.2, -0.15) is 4.98 Å². The lowest BCUT2D eigenvalue weighted by molar-refractivity contribution is 0.242. The van der Waals surface area contributed by atoms with E-state index in [-0.39, 0.29) is 12.1 Å². The van der Waals surface area contributed by atoms with Gasteiger partial charge in [0.2, 0.25) is 5.95 Å². The third kappa shape index (κ3) is 4.49. The van der Waals surface area contributed by atoms with Crippen LogP contribution in [0.15, 0.2) is 30.3 Å². The first-order chi connectivity index (χ1) is 9.94. The minimum absolute atomic E-state index is 0.151. The van der Waals surface area contributed by atoms with Crippen LogP contribution in [-0.2, 0) is 6.54 Å². The summed E-state index contributed by atoms with van der Waals surface area (Å²) < 4.78 is 5.70. The lowest BCUT2D eigenvalue weighted by Gasteiger charge is -2.19. The van der Waals surface area contributed by atoms with Gasteiger partial charge in [0.15, 0.2) is 0 Å². The van der Waals surface area contributed by atoms with E-state index in [9.17, 15) is 0 Å². The van der Waals surface area contributed by atoms with Gasteiger partial charge in [0.05, 0.1) is 6.10 Å². The van der Waals surface area contributed by atoms with Crippen molar-refractivity contribution in [3.8, 4) is 5.75 Å². The number of nitrogens with zero attached hydrogens (tertiary/aromatic N) is 3. The van der Waals surface area contributed by atoms with E-state index in [1.807, 2.05) is 50.1 Å². The molecule has 2 rings (SSSR count). The molecule has 6 heteroatoms. The Balaban J connectivity index is 2.13. The van der Waals surface area contributed by atoms with E-state index in [2.05, 4.69) is 9.97 Å². The standard InChI is InChI=1S/C15H19ClN4O/c1-10(2)21-12-6-4-5-11(7-12)9-20(3)14-8-13(16)18-15(17)19-14/h4-8,10H,9H2,1-3H3,(H2,17,18,19). The molecule has 0 saturated carbocycles. The molecule has 1 aromatic heterocycles. The second-order valence-electron chi connectivity index (χ2n) is 5.08. The summed E-state index contributed by atoms with van der Waals surface area (Å²) in [6, 6.07) is 9.66. The van der Waals surface area contributed by atoms with Crippen molar-refractivity contribution in [3.05, 3.63) is 41.0 Å². The number of halogens is 1. The van der Waals surface area contributed by atoms with Crippen LogP contribution < -0.4 is 15.4 Å². The molecule has 21 heavy (non-hydrogen) atoms. The molecule has 0 radical (unpaired) electrons. The fraction of sp³-hybridized carbons (Fsp3) is 0.333. The summed E-state index contributed by atoms with van der Waals surface area (Å²) in [5, 5.41) is 0.334. The van der Waals surface area contributed by atoms with Gasteiger partial charge in [0, 0.05) is 19.7 Å². The van der Waals surface area contributed by atoms with Crippen LogP contribution in [0.3, 0.4) is 0 Å². The Labute approximate surface area is 129 Å². The molecule has 2 N–H and O–H groups in total. The highest BCUT2D eigenvalue weighted by atomic mass is 35.5. The van der Waals surface area contributed by atoms with Gasteiger partial charge in [-0.3, -0.25) is 0 Å². The fourth-order valence-corrected chi connectivity index (χ4v) is 2.15. The number of benzene rings is 1. The average Bonchev–Trinajstić information content (AvgIpc) is 2.37. The van der Waals surface area contributed by atoms with Crippen molar-refractivity contribution in [2.45, 2.75) is 26.5 Å². The number of aromatic nitrogens is 2. The first-order valence-corrected chi connectivity index (χ1v) is 7.08. The van der Waals surface area contributed by atoms with Crippen molar-refractivity contribution in [2.75, 3.05) is 17.7 Å². The largest absolute Gasteiger partial charge is 0.491 e. The highest BCUT2D eigenvalue weighted by Gasteiger charge is 2.08. The maximum Gasteiger partial charge on any atom is 0.223 e. The van der Waals surface area contributed by atoms with E-state index < -0.39 is 0 Å². The average molecular weight is 307 g/mol. The lowest BCUT2D eigenvalue weighted by atomic mass is 10.2. The van der Waals surface area contributed by atoms with Crippen LogP contribution in [-0.4, -0.2) is 23.1 Å². The molecular weight excluding hydrogens is 288 g/mol. The zero-order valence-corrected chi connectivity index (χ0v) is 13.1. The molecule has 0 amide bonds. The summed E-state index contributed by atoms with van der Waals surface area (Å²) in [5.41, 5.74) is 6.73. The van der Waals surface area contributed by atoms with Crippen LogP contribution in [0.2, 0.25) is 5.15 Å². The van der Waals surface area contributed by atoms with E-state index in [0.29, 0.717) is 17.5 Å². The predicted octanol–water partition coefficient (Wildman–Crippen LogP) is 3.14. The van der Waals surface area contributed by atoms with Crippen molar-refractivity contribution in [1.29, 1.82) is 0 Å². The van der Waals surface area contributed by atoms with Gasteiger partial charge in [0.1, 0.15) is 16.7 Å². The van der Waals surface area contributed by atoms with Gasteiger partial charge in [-0.15, -0.1) is 0 Å². The Hall–Kier alpha value is -2.01. The van der Waals surface area contributed by atoms with E-state index in [4.69, 9.17) is 22.1 Å². The number of hydrogen-bond acceptors (Lipinski definition) is 5. The number of ether oxygens (including phenoxy) is 1. The third-order valence-corrected chi connectivity index (χ3v) is 2.97. The summed E-state index contributed by atoms with van der Waals surface area (Å²) in [7, 11) is 1.92. The fourth-order valence-electron chi connectivity index (χ4n) is 1.96. The quantitative estimate of drug-likeness (QED) is 0.860. The van der Waals surface area contributed by atoms with Crippen LogP contribution in [0, 0.1) is 0 Å². The van der Waals surface area contributed by atoms with Crippen molar-refractivity contribution in [2.24, 2.45) is 0 Å². The number of rotatable bonds is 5. The van der Waals surface area contributed by atoms with Crippen molar-refractivity contribution in [3.63, 3.8) is 0 Å². The van der Waals surface area contributed by atoms with Gasteiger partial charge in [0.25, 0.3) is 0 Å². The summed E-state index contributed by atoms with van der Waals surface area (Å²) >= 11 is 5.90. The molecule has 2 aromatic rings. The summed E-state index contributed by atoms with van der Waals surface area (Å²) in [6.45, 7) is 4.68. The van der Waals surface area contributed by atoms with E-state index in [0.717, 1.165) is 11.3 Å². The molecule has 1 aromatic carbocycles. The van der Waals surface area contributed by atoms with E-state index in [1.54, 1.807) is 6.07 Å². The Morgan fingerprint density at radius 2 is 2.05 bits per heavy atom. The zero-order valence-electron chi connectivity index (χ0n) is 12.4. The predicted molar refractivity (Wildman–Crippen MR) is 85.8 cm³/mol. The molecule has 5 nitrogen and oxygen atoms in total. The number of nitrogens with two attached hydrogens (primary N) is 1. The smallest absolute Gasteiger partial charge is 0.223 e. The molecule has 0 aliphatic rings. The zero-order chi connectivity index (χ0) is 15.4. The molecule has 1 heterocycles. The number of nitrogen functional groups attached to an aromatic ring is 1. The van der Waals surface area contributed by atoms with Crippen LogP contribution in [0.1, 0.15) is 19.4 Å². The molecule has 0 saturated heterocycles. The minimum Gasteiger partial charge on any atom is -0.491 e. The summed E-state index contributed by atoms with van der Waals surface area (Å²) in [6.07, 6.45) is 0.151. The Bertz CT molecular complexity index is 598. The van der Waals surface area contributed by atoms with Crippen molar-refractivity contribution >= 4 is 23.4 Å². The lowest BCUT2D eigenvalue weighted by Crippen LogP contribution is -2.18. The summed E-state index contributed by atoms with van der Waals surface area (Å²) in [4.78, 5) is 9.99. The first kappa shape index (κ1) is 15.4. The second-order valence-corrected chi connectivity index (χ2v) is 5.46. The number of hydrogen-bond donors (Lipinski definition) is 1. The molecule has 0 unspecified atom stereocenters. The summed E-state index contributed by atoms with van der Waals surface area (Å²) in [5.74, 6) is 1.71. The normalized spacial score (nSPS) is 10.7. The Morgan fingerprint density at radius 1 is 1.29 bits per heavy atom. The van der Waals surface area contributed by atoms with Gasteiger partial charge >= 0.3 is 0 Å². The highest BCUT2D eigenvalue weighted by molar-refractivity contribution is 6.29. The van der Waals surface area contributed by atoms with Crippen molar-refractivity contribution < 1.29 is 4.74 Å².